The van der Waals surface area contributed by atoms with Crippen LogP contribution in [0.1, 0.15) is 26.2 Å². The molecule has 0 saturated carbocycles. The Kier molecular flexibility index (Phi) is 2.04. The minimum Gasteiger partial charge on any atom is -0.295 e. The fourth-order valence-electron chi connectivity index (χ4n) is 1.14. The molecule has 0 unspecified atom stereocenters. The van der Waals surface area contributed by atoms with Gasteiger partial charge in [-0.25, -0.2) is 0 Å². The molecule has 0 fully saturated rings. The highest BCUT2D eigenvalue weighted by molar-refractivity contribution is 5.90. The van der Waals surface area contributed by atoms with Gasteiger partial charge in [0, 0.05) is 6.42 Å². The van der Waals surface area contributed by atoms with Gasteiger partial charge in [0.2, 0.25) is 0 Å². The first-order valence-corrected chi connectivity index (χ1v) is 3.52. The minimum absolute atomic E-state index is 0.299. The van der Waals surface area contributed by atoms with E-state index in [4.69, 9.17) is 0 Å². The number of hydrogen-bond donors (Lipinski definition) is 0. The van der Waals surface area contributed by atoms with Crippen molar-refractivity contribution in [2.24, 2.45) is 5.92 Å². The number of ketones is 1. The average molecular weight is 124 g/mol. The predicted octanol–water partition coefficient (Wildman–Crippen LogP) is 1.93. The van der Waals surface area contributed by atoms with E-state index in [0.717, 1.165) is 19.3 Å². The second kappa shape index (κ2) is 2.81. The maximum Gasteiger partial charge on any atom is 0.155 e. The van der Waals surface area contributed by atoms with Crippen molar-refractivity contribution < 1.29 is 4.79 Å². The van der Waals surface area contributed by atoms with Gasteiger partial charge in [0.15, 0.2) is 5.78 Å². The molecule has 1 heteroatoms. The molecule has 0 amide bonds. The highest BCUT2D eigenvalue weighted by Crippen LogP contribution is 2.18. The topological polar surface area (TPSA) is 17.1 Å². The smallest absolute Gasteiger partial charge is 0.155 e. The lowest BCUT2D eigenvalue weighted by Crippen LogP contribution is -2.08. The third kappa shape index (κ3) is 1.67. The van der Waals surface area contributed by atoms with Gasteiger partial charge in [-0.05, 0) is 18.4 Å². The molecule has 1 aliphatic carbocycles. The number of allylic oxidation sites excluding steroid dienone is 2. The molecule has 0 radical (unpaired) electrons. The van der Waals surface area contributed by atoms with Crippen molar-refractivity contribution in [1.29, 1.82) is 0 Å². The summed E-state index contributed by atoms with van der Waals surface area (Å²) in [6.45, 7) is 2.14. The Labute approximate surface area is 55.8 Å². The van der Waals surface area contributed by atoms with Crippen LogP contribution >= 0.6 is 0 Å². The quantitative estimate of drug-likeness (QED) is 0.522. The Morgan fingerprint density at radius 2 is 2.56 bits per heavy atom. The molecule has 0 aromatic heterocycles. The van der Waals surface area contributed by atoms with Gasteiger partial charge >= 0.3 is 0 Å². The third-order valence-corrected chi connectivity index (χ3v) is 1.84. The predicted molar refractivity (Wildman–Crippen MR) is 37.2 cm³/mol. The van der Waals surface area contributed by atoms with Crippen molar-refractivity contribution in [3.63, 3.8) is 0 Å². The van der Waals surface area contributed by atoms with E-state index in [1.54, 1.807) is 6.08 Å². The van der Waals surface area contributed by atoms with Crippen LogP contribution in [-0.4, -0.2) is 5.78 Å². The summed E-state index contributed by atoms with van der Waals surface area (Å²) in [5.41, 5.74) is 0. The molecule has 50 valence electrons. The van der Waals surface area contributed by atoms with Crippen LogP contribution in [0.25, 0.3) is 0 Å². The van der Waals surface area contributed by atoms with Crippen LogP contribution in [0.5, 0.6) is 0 Å². The van der Waals surface area contributed by atoms with E-state index >= 15 is 0 Å². The zero-order valence-electron chi connectivity index (χ0n) is 5.76. The van der Waals surface area contributed by atoms with Crippen LogP contribution in [0, 0.1) is 5.92 Å². The molecule has 0 bridgehead atoms. The second-order valence-corrected chi connectivity index (χ2v) is 2.58. The first kappa shape index (κ1) is 6.53. The maximum absolute atomic E-state index is 10.7. The molecule has 0 heterocycles. The van der Waals surface area contributed by atoms with Crippen LogP contribution in [-0.2, 0) is 4.79 Å². The van der Waals surface area contributed by atoms with Gasteiger partial charge in [-0.1, -0.05) is 19.4 Å². The summed E-state index contributed by atoms with van der Waals surface area (Å²) >= 11 is 0. The van der Waals surface area contributed by atoms with Gasteiger partial charge < -0.3 is 0 Å². The number of rotatable bonds is 1. The molecule has 1 nitrogen and oxygen atoms in total. The van der Waals surface area contributed by atoms with Gasteiger partial charge in [0.05, 0.1) is 0 Å². The van der Waals surface area contributed by atoms with Crippen molar-refractivity contribution in [3.8, 4) is 0 Å². The maximum atomic E-state index is 10.7. The van der Waals surface area contributed by atoms with Crippen molar-refractivity contribution in [1.82, 2.24) is 0 Å². The van der Waals surface area contributed by atoms with Crippen LogP contribution in [0.3, 0.4) is 0 Å². The van der Waals surface area contributed by atoms with E-state index in [1.165, 1.54) is 0 Å². The Morgan fingerprint density at radius 1 is 1.78 bits per heavy atom. The van der Waals surface area contributed by atoms with Crippen molar-refractivity contribution in [2.45, 2.75) is 26.2 Å². The van der Waals surface area contributed by atoms with Gasteiger partial charge in [-0.3, -0.25) is 4.79 Å². The Bertz CT molecular complexity index is 136. The Morgan fingerprint density at radius 3 is 3.00 bits per heavy atom. The highest BCUT2D eigenvalue weighted by Gasteiger charge is 2.11. The van der Waals surface area contributed by atoms with E-state index in [-0.39, 0.29) is 0 Å². The van der Waals surface area contributed by atoms with Gasteiger partial charge in [-0.2, -0.15) is 0 Å². The molecule has 0 N–H and O–H groups in total. The largest absolute Gasteiger partial charge is 0.295 e. The second-order valence-electron chi connectivity index (χ2n) is 2.58. The van der Waals surface area contributed by atoms with Gasteiger partial charge in [-0.15, -0.1) is 0 Å². The van der Waals surface area contributed by atoms with Gasteiger partial charge in [0.25, 0.3) is 0 Å². The van der Waals surface area contributed by atoms with Crippen LogP contribution in [0.2, 0.25) is 0 Å². The summed E-state index contributed by atoms with van der Waals surface area (Å²) in [5, 5.41) is 0. The SMILES string of the molecule is CC[C@@H]1CC=CC(=O)C1. The molecular weight excluding hydrogens is 112 g/mol. The molecule has 1 aliphatic rings. The Hall–Kier alpha value is -0.590. The summed E-state index contributed by atoms with van der Waals surface area (Å²) in [4.78, 5) is 10.7. The molecule has 0 aromatic carbocycles. The lowest BCUT2D eigenvalue weighted by molar-refractivity contribution is -0.115. The summed E-state index contributed by atoms with van der Waals surface area (Å²) < 4.78 is 0. The summed E-state index contributed by atoms with van der Waals surface area (Å²) in [5.74, 6) is 0.926. The van der Waals surface area contributed by atoms with E-state index in [9.17, 15) is 4.79 Å². The van der Waals surface area contributed by atoms with Crippen molar-refractivity contribution in [3.05, 3.63) is 12.2 Å². The molecule has 0 aliphatic heterocycles. The van der Waals surface area contributed by atoms with E-state index < -0.39 is 0 Å². The highest BCUT2D eigenvalue weighted by atomic mass is 16.1. The summed E-state index contributed by atoms with van der Waals surface area (Å²) in [6, 6.07) is 0. The summed E-state index contributed by atoms with van der Waals surface area (Å²) in [6.07, 6.45) is 6.69. The van der Waals surface area contributed by atoms with E-state index in [0.29, 0.717) is 11.7 Å². The fraction of sp³-hybridized carbons (Fsp3) is 0.625. The third-order valence-electron chi connectivity index (χ3n) is 1.84. The number of hydrogen-bond acceptors (Lipinski definition) is 1. The van der Waals surface area contributed by atoms with Crippen LogP contribution in [0.4, 0.5) is 0 Å². The van der Waals surface area contributed by atoms with E-state index in [2.05, 4.69) is 6.92 Å². The van der Waals surface area contributed by atoms with Gasteiger partial charge in [0.1, 0.15) is 0 Å². The van der Waals surface area contributed by atoms with Crippen molar-refractivity contribution >= 4 is 5.78 Å². The number of carbonyl (C=O) groups excluding carboxylic acids is 1. The normalized spacial score (nSPS) is 26.8. The standard InChI is InChI=1S/C8H12O/c1-2-7-4-3-5-8(9)6-7/h3,5,7H,2,4,6H2,1H3/t7-/m1/s1. The van der Waals surface area contributed by atoms with Crippen LogP contribution in [0.15, 0.2) is 12.2 Å². The molecule has 0 aromatic rings. The zero-order chi connectivity index (χ0) is 6.69. The molecule has 1 atom stereocenters. The first-order valence-electron chi connectivity index (χ1n) is 3.52. The first-order chi connectivity index (χ1) is 4.33. The van der Waals surface area contributed by atoms with Crippen LogP contribution < -0.4 is 0 Å². The molecule has 0 spiro atoms. The van der Waals surface area contributed by atoms with Crippen molar-refractivity contribution in [2.75, 3.05) is 0 Å². The summed E-state index contributed by atoms with van der Waals surface area (Å²) in [7, 11) is 0. The molecule has 9 heavy (non-hydrogen) atoms. The minimum atomic E-state index is 0.299. The molecular formula is C8H12O. The molecule has 0 saturated heterocycles. The Balaban J connectivity index is 2.47. The fourth-order valence-corrected chi connectivity index (χ4v) is 1.14. The lowest BCUT2D eigenvalue weighted by Gasteiger charge is -2.13. The molecule has 1 rings (SSSR count). The monoisotopic (exact) mass is 124 g/mol. The van der Waals surface area contributed by atoms with E-state index in [1.807, 2.05) is 6.08 Å². The number of carbonyl (C=O) groups is 1. The average Bonchev–Trinajstić information content (AvgIpc) is 1.88. The lowest BCUT2D eigenvalue weighted by atomic mass is 9.92. The zero-order valence-corrected chi connectivity index (χ0v) is 5.76.